The van der Waals surface area contributed by atoms with E-state index in [1.165, 1.54) is 0 Å². The van der Waals surface area contributed by atoms with Crippen LogP contribution in [-0.4, -0.2) is 47.3 Å². The van der Waals surface area contributed by atoms with E-state index >= 15 is 0 Å². The van der Waals surface area contributed by atoms with Gasteiger partial charge in [0.25, 0.3) is 0 Å². The molecule has 0 amide bonds. The third kappa shape index (κ3) is 22.8. The summed E-state index contributed by atoms with van der Waals surface area (Å²) in [5.74, 6) is 0. The largest absolute Gasteiger partial charge is 0 e. The van der Waals surface area contributed by atoms with E-state index < -0.39 is 0 Å². The van der Waals surface area contributed by atoms with Crippen molar-refractivity contribution in [1.82, 2.24) is 0 Å². The Morgan fingerprint density at radius 1 is 0.500 bits per heavy atom. The smallest absolute Gasteiger partial charge is 0 e. The van der Waals surface area contributed by atoms with Gasteiger partial charge < -0.3 is 0 Å². The topological polar surface area (TPSA) is 0 Å². The first-order valence-corrected chi connectivity index (χ1v) is 0. The molecule has 0 heterocycles. The molecule has 0 aromatic heterocycles. The van der Waals surface area contributed by atoms with Gasteiger partial charge in [-0.15, -0.1) is 0 Å². The molecule has 4 radical (unpaired) electrons. The van der Waals surface area contributed by atoms with E-state index in [0.29, 0.717) is 0 Å². The summed E-state index contributed by atoms with van der Waals surface area (Å²) in [6.45, 7) is 0. The van der Waals surface area contributed by atoms with Crippen molar-refractivity contribution in [2.45, 2.75) is 0 Å². The van der Waals surface area contributed by atoms with Gasteiger partial charge in [-0.1, -0.05) is 0 Å². The van der Waals surface area contributed by atoms with Gasteiger partial charge in [-0.3, -0.25) is 0 Å². The molecule has 0 nitrogen and oxygen atoms in total. The van der Waals surface area contributed by atoms with Crippen LogP contribution >= 0.6 is 0 Å². The molecule has 6 heavy (non-hydrogen) atoms. The van der Waals surface area contributed by atoms with Crippen LogP contribution in [-0.2, 0) is 110 Å². The van der Waals surface area contributed by atoms with Crippen molar-refractivity contribution >= 4 is 47.3 Å². The molecule has 0 saturated heterocycles. The van der Waals surface area contributed by atoms with E-state index in [1.807, 2.05) is 0 Å². The summed E-state index contributed by atoms with van der Waals surface area (Å²) >= 11 is 0. The minimum atomic E-state index is 0. The second kappa shape index (κ2) is 31.7. The van der Waals surface area contributed by atoms with Crippen LogP contribution in [0.15, 0.2) is 0 Å². The number of hydrogen-bond donors (Lipinski definition) is 0. The van der Waals surface area contributed by atoms with Crippen LogP contribution in [0.2, 0.25) is 0 Å². The van der Waals surface area contributed by atoms with Gasteiger partial charge in [0.2, 0.25) is 0 Å². The zero-order chi connectivity index (χ0) is 0. The summed E-state index contributed by atoms with van der Waals surface area (Å²) in [6, 6.07) is 0. The van der Waals surface area contributed by atoms with Crippen LogP contribution in [0, 0.1) is 0 Å². The SMILES string of the molecule is [Cd].[Cd].[Hg].[Hg].[Te].[Te]. The predicted molar refractivity (Wildman–Crippen MR) is 11.5 cm³/mol. The third-order valence-corrected chi connectivity index (χ3v) is 0. The first kappa shape index (κ1) is 42.7. The van der Waals surface area contributed by atoms with E-state index in [4.69, 9.17) is 0 Å². The van der Waals surface area contributed by atoms with Gasteiger partial charge in [0.05, 0.1) is 0 Å². The average Bonchev–Trinajstić information content (AvgIpc) is 0. The Morgan fingerprint density at radius 2 is 0.500 bits per heavy atom. The van der Waals surface area contributed by atoms with Gasteiger partial charge in [-0.25, -0.2) is 0 Å². The minimum absolute atomic E-state index is 0. The molecule has 0 aromatic rings. The molecule has 0 unspecified atom stereocenters. The molecule has 0 aliphatic carbocycles. The van der Waals surface area contributed by atoms with Crippen molar-refractivity contribution in [1.29, 1.82) is 0 Å². The van der Waals surface area contributed by atoms with Gasteiger partial charge in [-0.05, 0) is 0 Å². The van der Waals surface area contributed by atoms with Gasteiger partial charge in [0, 0.05) is 157 Å². The number of rotatable bonds is 0. The van der Waals surface area contributed by atoms with Crippen molar-refractivity contribution in [3.8, 4) is 0 Å². The second-order valence-electron chi connectivity index (χ2n) is 0. The molecule has 0 rings (SSSR count). The van der Waals surface area contributed by atoms with Crippen LogP contribution in [0.25, 0.3) is 0 Å². The molecular weight excluding hydrogens is 881 g/mol. The monoisotopic (exact) mass is 892 g/mol. The summed E-state index contributed by atoms with van der Waals surface area (Å²) in [7, 11) is 0. The summed E-state index contributed by atoms with van der Waals surface area (Å²) in [5, 5.41) is 0. The quantitative estimate of drug-likeness (QED) is 0.281. The normalized spacial score (nSPS) is 0. The Labute approximate surface area is 153 Å². The fraction of sp³-hybridized carbons (Fsp3) is 0. The van der Waals surface area contributed by atoms with Crippen molar-refractivity contribution in [3.63, 3.8) is 0 Å². The average molecular weight is 881 g/mol. The first-order chi connectivity index (χ1) is 0. The van der Waals surface area contributed by atoms with Gasteiger partial charge in [0.15, 0.2) is 0 Å². The Hall–Kier alpha value is 5.29. The standard InChI is InChI=1S/2Cd.2Hg.2Te. The van der Waals surface area contributed by atoms with Crippen molar-refractivity contribution in [2.24, 2.45) is 0 Å². The Morgan fingerprint density at radius 3 is 0.500 bits per heavy atom. The molecule has 0 saturated carbocycles. The molecule has 0 fully saturated rings. The maximum atomic E-state index is 0. The molecule has 0 N–H and O–H groups in total. The van der Waals surface area contributed by atoms with Gasteiger partial charge >= 0.3 is 0 Å². The molecule has 0 aliphatic rings. The van der Waals surface area contributed by atoms with Gasteiger partial charge in [0.1, 0.15) is 0 Å². The van der Waals surface area contributed by atoms with Crippen LogP contribution in [0.1, 0.15) is 0 Å². The summed E-state index contributed by atoms with van der Waals surface area (Å²) < 4.78 is 0. The maximum Gasteiger partial charge on any atom is 0 e. The predicted octanol–water partition coefficient (Wildman–Crippen LogP) is -0.772. The fourth-order valence-electron chi connectivity index (χ4n) is 0. The molecule has 0 spiro atoms. The van der Waals surface area contributed by atoms with Gasteiger partial charge in [-0.2, -0.15) is 0 Å². The van der Waals surface area contributed by atoms with E-state index in [2.05, 4.69) is 0 Å². The van der Waals surface area contributed by atoms with Crippen molar-refractivity contribution < 1.29 is 110 Å². The minimum Gasteiger partial charge on any atom is 0 e. The summed E-state index contributed by atoms with van der Waals surface area (Å²) in [6.07, 6.45) is 0. The van der Waals surface area contributed by atoms with E-state index in [1.54, 1.807) is 0 Å². The van der Waals surface area contributed by atoms with Crippen LogP contribution in [0.5, 0.6) is 0 Å². The molecule has 0 bridgehead atoms. The maximum absolute atomic E-state index is 0. The zero-order valence-corrected chi connectivity index (χ0v) is 27.4. The first-order valence-electron chi connectivity index (χ1n) is 0. The van der Waals surface area contributed by atoms with E-state index in [0.717, 1.165) is 0 Å². The van der Waals surface area contributed by atoms with E-state index in [9.17, 15) is 0 Å². The summed E-state index contributed by atoms with van der Waals surface area (Å²) in [5.41, 5.74) is 0. The Kier molecular flexibility index (Phi) is 226. The zero-order valence-electron chi connectivity index (χ0n) is 3.64. The molecule has 6 heteroatoms. The summed E-state index contributed by atoms with van der Waals surface area (Å²) in [4.78, 5) is 0. The second-order valence-corrected chi connectivity index (χ2v) is 0. The van der Waals surface area contributed by atoms with Crippen LogP contribution in [0.4, 0.5) is 0 Å². The number of hydrogen-bond acceptors (Lipinski definition) is 0. The van der Waals surface area contributed by atoms with Crippen molar-refractivity contribution in [2.75, 3.05) is 0 Å². The Balaban J connectivity index is 0. The molecule has 0 aromatic carbocycles. The van der Waals surface area contributed by atoms with E-state index in [-0.39, 0.29) is 157 Å². The molecule has 20 valence electrons. The van der Waals surface area contributed by atoms with Crippen LogP contribution in [0.3, 0.4) is 0 Å². The molecular formula is Cd2Hg2Te2. The van der Waals surface area contributed by atoms with Crippen molar-refractivity contribution in [3.05, 3.63) is 0 Å². The molecule has 0 atom stereocenters. The van der Waals surface area contributed by atoms with Crippen LogP contribution < -0.4 is 0 Å². The Bertz CT molecular complexity index is 9.51. The third-order valence-electron chi connectivity index (χ3n) is 0. The fourth-order valence-corrected chi connectivity index (χ4v) is 0. The molecule has 0 aliphatic heterocycles.